The van der Waals surface area contributed by atoms with E-state index in [1.807, 2.05) is 0 Å². The molecule has 0 spiro atoms. The van der Waals surface area contributed by atoms with Crippen LogP contribution >= 0.6 is 0 Å². The summed E-state index contributed by atoms with van der Waals surface area (Å²) in [6.07, 6.45) is 8.00. The molecule has 0 aromatic heterocycles. The highest BCUT2D eigenvalue weighted by Gasteiger charge is 2.16. The highest BCUT2D eigenvalue weighted by atomic mass is 14.9. The van der Waals surface area contributed by atoms with Crippen LogP contribution < -0.4 is 11.1 Å². The molecule has 2 unspecified atom stereocenters. The minimum atomic E-state index is 0.377. The van der Waals surface area contributed by atoms with Crippen molar-refractivity contribution in [3.63, 3.8) is 0 Å². The fourth-order valence-corrected chi connectivity index (χ4v) is 1.87. The van der Waals surface area contributed by atoms with Crippen molar-refractivity contribution < 1.29 is 0 Å². The first-order valence-corrected chi connectivity index (χ1v) is 6.17. The molecule has 1 aliphatic rings. The third-order valence-electron chi connectivity index (χ3n) is 3.22. The lowest BCUT2D eigenvalue weighted by Gasteiger charge is -2.28. The van der Waals surface area contributed by atoms with Crippen molar-refractivity contribution in [1.82, 2.24) is 5.32 Å². The summed E-state index contributed by atoms with van der Waals surface area (Å²) in [7, 11) is 0. The van der Waals surface area contributed by atoms with Gasteiger partial charge in [-0.3, -0.25) is 0 Å². The van der Waals surface area contributed by atoms with Crippen LogP contribution in [-0.2, 0) is 0 Å². The summed E-state index contributed by atoms with van der Waals surface area (Å²) in [5.41, 5.74) is 5.72. The molecule has 0 radical (unpaired) electrons. The molecule has 2 nitrogen and oxygen atoms in total. The van der Waals surface area contributed by atoms with Gasteiger partial charge >= 0.3 is 0 Å². The zero-order valence-electron chi connectivity index (χ0n) is 9.76. The molecule has 84 valence electrons. The molecule has 0 saturated heterocycles. The maximum atomic E-state index is 5.72. The van der Waals surface area contributed by atoms with Crippen molar-refractivity contribution in [1.29, 1.82) is 0 Å². The molecule has 0 aromatic carbocycles. The van der Waals surface area contributed by atoms with E-state index in [0.29, 0.717) is 6.04 Å². The van der Waals surface area contributed by atoms with Crippen LogP contribution in [0.15, 0.2) is 0 Å². The molecular formula is C12H26N2. The molecule has 1 saturated carbocycles. The van der Waals surface area contributed by atoms with Gasteiger partial charge in [-0.1, -0.05) is 19.8 Å². The average Bonchev–Trinajstić information content (AvgIpc) is 2.00. The van der Waals surface area contributed by atoms with E-state index in [2.05, 4.69) is 19.2 Å². The SMILES string of the molecule is CC(N)CCCC(C)CNC1CCC1. The van der Waals surface area contributed by atoms with Crippen molar-refractivity contribution in [2.75, 3.05) is 6.54 Å². The Morgan fingerprint density at radius 1 is 1.29 bits per heavy atom. The molecular weight excluding hydrogens is 172 g/mol. The Balaban J connectivity index is 1.89. The van der Waals surface area contributed by atoms with Gasteiger partial charge in [0.1, 0.15) is 0 Å². The maximum Gasteiger partial charge on any atom is 0.00671 e. The molecule has 0 heterocycles. The van der Waals surface area contributed by atoms with Gasteiger partial charge in [0.05, 0.1) is 0 Å². The van der Waals surface area contributed by atoms with Crippen LogP contribution in [-0.4, -0.2) is 18.6 Å². The largest absolute Gasteiger partial charge is 0.328 e. The second kappa shape index (κ2) is 6.41. The number of hydrogen-bond donors (Lipinski definition) is 2. The Hall–Kier alpha value is -0.0800. The van der Waals surface area contributed by atoms with Crippen molar-refractivity contribution in [2.24, 2.45) is 11.7 Å². The van der Waals surface area contributed by atoms with Crippen LogP contribution in [0.5, 0.6) is 0 Å². The summed E-state index contributed by atoms with van der Waals surface area (Å²) in [4.78, 5) is 0. The first kappa shape index (κ1) is 12.0. The van der Waals surface area contributed by atoms with Crippen molar-refractivity contribution in [3.05, 3.63) is 0 Å². The monoisotopic (exact) mass is 198 g/mol. The number of nitrogens with two attached hydrogens (primary N) is 1. The molecule has 1 fully saturated rings. The van der Waals surface area contributed by atoms with Gasteiger partial charge in [0, 0.05) is 12.1 Å². The van der Waals surface area contributed by atoms with E-state index in [4.69, 9.17) is 5.73 Å². The second-order valence-corrected chi connectivity index (χ2v) is 5.05. The van der Waals surface area contributed by atoms with E-state index in [1.165, 1.54) is 45.1 Å². The summed E-state index contributed by atoms with van der Waals surface area (Å²) in [6, 6.07) is 1.22. The predicted octanol–water partition coefficient (Wildman–Crippen LogP) is 2.28. The molecule has 1 rings (SSSR count). The zero-order valence-corrected chi connectivity index (χ0v) is 9.76. The topological polar surface area (TPSA) is 38.0 Å². The Morgan fingerprint density at radius 2 is 2.00 bits per heavy atom. The van der Waals surface area contributed by atoms with Gasteiger partial charge < -0.3 is 11.1 Å². The van der Waals surface area contributed by atoms with Crippen LogP contribution in [0.2, 0.25) is 0 Å². The Morgan fingerprint density at radius 3 is 2.50 bits per heavy atom. The molecule has 1 aliphatic carbocycles. The van der Waals surface area contributed by atoms with Crippen molar-refractivity contribution >= 4 is 0 Å². The van der Waals surface area contributed by atoms with Crippen LogP contribution in [0, 0.1) is 5.92 Å². The molecule has 2 heteroatoms. The van der Waals surface area contributed by atoms with E-state index in [1.54, 1.807) is 0 Å². The number of hydrogen-bond acceptors (Lipinski definition) is 2. The molecule has 0 amide bonds. The Bertz CT molecular complexity index is 141. The fourth-order valence-electron chi connectivity index (χ4n) is 1.87. The zero-order chi connectivity index (χ0) is 10.4. The smallest absolute Gasteiger partial charge is 0.00671 e. The van der Waals surface area contributed by atoms with E-state index in [9.17, 15) is 0 Å². The predicted molar refractivity (Wildman–Crippen MR) is 62.3 cm³/mol. The van der Waals surface area contributed by atoms with Gasteiger partial charge in [0.25, 0.3) is 0 Å². The summed E-state index contributed by atoms with van der Waals surface area (Å²) in [5.74, 6) is 0.814. The van der Waals surface area contributed by atoms with E-state index in [0.717, 1.165) is 12.0 Å². The lowest BCUT2D eigenvalue weighted by molar-refractivity contribution is 0.314. The average molecular weight is 198 g/mol. The van der Waals surface area contributed by atoms with Crippen molar-refractivity contribution in [3.8, 4) is 0 Å². The van der Waals surface area contributed by atoms with Gasteiger partial charge in [-0.25, -0.2) is 0 Å². The molecule has 3 N–H and O–H groups in total. The highest BCUT2D eigenvalue weighted by molar-refractivity contribution is 4.76. The fraction of sp³-hybridized carbons (Fsp3) is 1.00. The quantitative estimate of drug-likeness (QED) is 0.658. The summed E-state index contributed by atoms with van der Waals surface area (Å²) < 4.78 is 0. The molecule has 0 bridgehead atoms. The molecule has 2 atom stereocenters. The highest BCUT2D eigenvalue weighted by Crippen LogP contribution is 2.18. The lowest BCUT2D eigenvalue weighted by Crippen LogP contribution is -2.37. The van der Waals surface area contributed by atoms with Crippen LogP contribution in [0.3, 0.4) is 0 Å². The van der Waals surface area contributed by atoms with Gasteiger partial charge in [-0.15, -0.1) is 0 Å². The van der Waals surface area contributed by atoms with Crippen LogP contribution in [0.1, 0.15) is 52.4 Å². The summed E-state index contributed by atoms with van der Waals surface area (Å²) >= 11 is 0. The van der Waals surface area contributed by atoms with Crippen molar-refractivity contribution in [2.45, 2.75) is 64.5 Å². The first-order chi connectivity index (χ1) is 6.68. The van der Waals surface area contributed by atoms with Crippen LogP contribution in [0.4, 0.5) is 0 Å². The second-order valence-electron chi connectivity index (χ2n) is 5.05. The summed E-state index contributed by atoms with van der Waals surface area (Å²) in [6.45, 7) is 5.63. The normalized spacial score (nSPS) is 21.6. The third kappa shape index (κ3) is 4.97. The van der Waals surface area contributed by atoms with Gasteiger partial charge in [-0.05, 0) is 45.1 Å². The molecule has 14 heavy (non-hydrogen) atoms. The first-order valence-electron chi connectivity index (χ1n) is 6.17. The Labute approximate surface area is 88.6 Å². The summed E-state index contributed by atoms with van der Waals surface area (Å²) in [5, 5.41) is 3.63. The standard InChI is InChI=1S/C12H26N2/c1-10(5-3-6-11(2)13)9-14-12-7-4-8-12/h10-12,14H,3-9,13H2,1-2H3. The van der Waals surface area contributed by atoms with Crippen LogP contribution in [0.25, 0.3) is 0 Å². The van der Waals surface area contributed by atoms with E-state index >= 15 is 0 Å². The minimum absolute atomic E-state index is 0.377. The maximum absolute atomic E-state index is 5.72. The van der Waals surface area contributed by atoms with Gasteiger partial charge in [0.2, 0.25) is 0 Å². The lowest BCUT2D eigenvalue weighted by atomic mass is 9.92. The van der Waals surface area contributed by atoms with Gasteiger partial charge in [0.15, 0.2) is 0 Å². The minimum Gasteiger partial charge on any atom is -0.328 e. The molecule has 0 aliphatic heterocycles. The van der Waals surface area contributed by atoms with Gasteiger partial charge in [-0.2, -0.15) is 0 Å². The Kier molecular flexibility index (Phi) is 5.49. The molecule has 0 aromatic rings. The van der Waals surface area contributed by atoms with E-state index < -0.39 is 0 Å². The number of nitrogens with one attached hydrogen (secondary N) is 1. The third-order valence-corrected chi connectivity index (χ3v) is 3.22. The van der Waals surface area contributed by atoms with E-state index in [-0.39, 0.29) is 0 Å². The number of rotatable bonds is 7.